The zero-order valence-electron chi connectivity index (χ0n) is 10.1. The van der Waals surface area contributed by atoms with Gasteiger partial charge in [0.1, 0.15) is 3.53 Å². The van der Waals surface area contributed by atoms with Gasteiger partial charge in [-0.2, -0.15) is 0 Å². The van der Waals surface area contributed by atoms with Crippen molar-refractivity contribution >= 4 is 39.3 Å². The third-order valence-electron chi connectivity index (χ3n) is 3.72. The first-order valence-electron chi connectivity index (χ1n) is 6.61. The van der Waals surface area contributed by atoms with E-state index in [9.17, 15) is 0 Å². The fourth-order valence-corrected chi connectivity index (χ4v) is 6.39. The van der Waals surface area contributed by atoms with Gasteiger partial charge >= 0.3 is 0 Å². The maximum atomic E-state index is 5.54. The van der Waals surface area contributed by atoms with Crippen LogP contribution >= 0.6 is 35.7 Å². The third kappa shape index (κ3) is 4.23. The Labute approximate surface area is 114 Å². The first kappa shape index (κ1) is 13.2. The topological polar surface area (TPSA) is 0 Å². The monoisotopic (exact) mass is 274 g/mol. The Morgan fingerprint density at radius 2 is 1.62 bits per heavy atom. The van der Waals surface area contributed by atoms with E-state index in [4.69, 9.17) is 12.2 Å². The van der Waals surface area contributed by atoms with Crippen molar-refractivity contribution in [1.29, 1.82) is 0 Å². The molecule has 0 N–H and O–H groups in total. The maximum absolute atomic E-state index is 5.54. The number of thiocarbonyl (C=S) groups is 1. The van der Waals surface area contributed by atoms with Gasteiger partial charge in [-0.15, -0.1) is 23.5 Å². The van der Waals surface area contributed by atoms with Gasteiger partial charge in [0, 0.05) is 10.5 Å². The minimum absolute atomic E-state index is 0.832. The summed E-state index contributed by atoms with van der Waals surface area (Å²) in [6, 6.07) is 0. The van der Waals surface area contributed by atoms with E-state index in [0.29, 0.717) is 0 Å². The van der Waals surface area contributed by atoms with Crippen molar-refractivity contribution in [3.8, 4) is 0 Å². The van der Waals surface area contributed by atoms with Crippen LogP contribution in [-0.2, 0) is 0 Å². The van der Waals surface area contributed by atoms with Gasteiger partial charge in [0.25, 0.3) is 0 Å². The highest BCUT2D eigenvalue weighted by molar-refractivity contribution is 8.47. The summed E-state index contributed by atoms with van der Waals surface area (Å²) in [6.45, 7) is 2.37. The smallest absolute Gasteiger partial charge is 0.104 e. The lowest BCUT2D eigenvalue weighted by Gasteiger charge is -2.21. The predicted octanol–water partition coefficient (Wildman–Crippen LogP) is 5.26. The predicted molar refractivity (Wildman–Crippen MR) is 81.5 cm³/mol. The molecule has 2 saturated carbocycles. The number of hydrogen-bond donors (Lipinski definition) is 0. The van der Waals surface area contributed by atoms with Crippen LogP contribution < -0.4 is 0 Å². The summed E-state index contributed by atoms with van der Waals surface area (Å²) in [4.78, 5) is 0. The second kappa shape index (κ2) is 6.65. The molecule has 0 saturated heterocycles. The van der Waals surface area contributed by atoms with E-state index < -0.39 is 0 Å². The molecule has 0 bridgehead atoms. The van der Waals surface area contributed by atoms with Gasteiger partial charge in [-0.05, 0) is 38.0 Å². The zero-order chi connectivity index (χ0) is 11.4. The van der Waals surface area contributed by atoms with E-state index in [1.54, 1.807) is 0 Å². The minimum atomic E-state index is 0.832. The van der Waals surface area contributed by atoms with Crippen LogP contribution in [0, 0.1) is 5.92 Å². The highest BCUT2D eigenvalue weighted by Gasteiger charge is 2.24. The molecule has 0 amide bonds. The van der Waals surface area contributed by atoms with E-state index >= 15 is 0 Å². The number of rotatable bonds is 2. The Morgan fingerprint density at radius 3 is 2.25 bits per heavy atom. The molecule has 2 rings (SSSR count). The summed E-state index contributed by atoms with van der Waals surface area (Å²) in [7, 11) is 0. The Balaban J connectivity index is 1.67. The molecule has 2 unspecified atom stereocenters. The molecule has 0 spiro atoms. The van der Waals surface area contributed by atoms with Crippen molar-refractivity contribution in [2.75, 3.05) is 0 Å². The summed E-state index contributed by atoms with van der Waals surface area (Å²) in [5.41, 5.74) is 0. The summed E-state index contributed by atoms with van der Waals surface area (Å²) >= 11 is 9.54. The van der Waals surface area contributed by atoms with Crippen molar-refractivity contribution in [1.82, 2.24) is 0 Å². The lowest BCUT2D eigenvalue weighted by molar-refractivity contribution is 0.517. The van der Waals surface area contributed by atoms with Crippen LogP contribution in [-0.4, -0.2) is 14.0 Å². The second-order valence-electron chi connectivity index (χ2n) is 5.29. The van der Waals surface area contributed by atoms with Crippen LogP contribution in [0.5, 0.6) is 0 Å². The average molecular weight is 275 g/mol. The van der Waals surface area contributed by atoms with E-state index in [1.807, 2.05) is 23.5 Å². The Hall–Kier alpha value is 0.790. The molecule has 2 aliphatic rings. The molecule has 2 aliphatic carbocycles. The first-order chi connectivity index (χ1) is 7.74. The second-order valence-corrected chi connectivity index (χ2v) is 9.09. The highest BCUT2D eigenvalue weighted by atomic mass is 32.2. The van der Waals surface area contributed by atoms with Gasteiger partial charge in [0.2, 0.25) is 0 Å². The molecule has 0 aromatic carbocycles. The molecule has 3 heteroatoms. The number of hydrogen-bond acceptors (Lipinski definition) is 3. The summed E-state index contributed by atoms with van der Waals surface area (Å²) < 4.78 is 1.23. The van der Waals surface area contributed by atoms with Gasteiger partial charge in [-0.3, -0.25) is 0 Å². The number of thioether (sulfide) groups is 2. The molecular weight excluding hydrogens is 252 g/mol. The molecule has 2 fully saturated rings. The lowest BCUT2D eigenvalue weighted by Crippen LogP contribution is -2.10. The molecule has 0 radical (unpaired) electrons. The van der Waals surface area contributed by atoms with Crippen molar-refractivity contribution in [3.63, 3.8) is 0 Å². The first-order valence-corrected chi connectivity index (χ1v) is 8.78. The fourth-order valence-electron chi connectivity index (χ4n) is 2.74. The van der Waals surface area contributed by atoms with Crippen molar-refractivity contribution in [3.05, 3.63) is 0 Å². The summed E-state index contributed by atoms with van der Waals surface area (Å²) in [6.07, 6.45) is 11.3. The van der Waals surface area contributed by atoms with Crippen molar-refractivity contribution in [2.45, 2.75) is 68.8 Å². The van der Waals surface area contributed by atoms with Crippen molar-refractivity contribution < 1.29 is 0 Å². The molecule has 2 atom stereocenters. The molecule has 0 aliphatic heterocycles. The molecule has 0 aromatic heterocycles. The largest absolute Gasteiger partial charge is 0.104 e. The third-order valence-corrected chi connectivity index (χ3v) is 6.83. The van der Waals surface area contributed by atoms with E-state index in [2.05, 4.69) is 6.92 Å². The fraction of sp³-hybridized carbons (Fsp3) is 0.923. The van der Waals surface area contributed by atoms with E-state index in [1.165, 1.54) is 54.9 Å². The van der Waals surface area contributed by atoms with Gasteiger partial charge in [-0.25, -0.2) is 0 Å². The zero-order valence-corrected chi connectivity index (χ0v) is 12.6. The molecule has 0 heterocycles. The van der Waals surface area contributed by atoms with E-state index in [0.717, 1.165) is 16.4 Å². The minimum Gasteiger partial charge on any atom is -0.104 e. The normalized spacial score (nSPS) is 31.8. The van der Waals surface area contributed by atoms with Gasteiger partial charge < -0.3 is 0 Å². The van der Waals surface area contributed by atoms with Gasteiger partial charge in [-0.1, -0.05) is 38.4 Å². The van der Waals surface area contributed by atoms with Crippen LogP contribution in [0.25, 0.3) is 0 Å². The summed E-state index contributed by atoms with van der Waals surface area (Å²) in [5, 5.41) is 1.67. The molecule has 0 aromatic rings. The van der Waals surface area contributed by atoms with Crippen LogP contribution in [0.2, 0.25) is 0 Å². The Bertz CT molecular complexity index is 225. The molecular formula is C13H22S3. The lowest BCUT2D eigenvalue weighted by atomic mass is 10.0. The molecule has 92 valence electrons. The van der Waals surface area contributed by atoms with Crippen LogP contribution in [0.3, 0.4) is 0 Å². The standard InChI is InChI=1S/C13H22S3/c1-10-7-8-12(9-10)16-13(14)15-11-5-3-2-4-6-11/h10-12H,2-9H2,1H3. The van der Waals surface area contributed by atoms with Crippen LogP contribution in [0.1, 0.15) is 58.3 Å². The van der Waals surface area contributed by atoms with Gasteiger partial charge in [0.05, 0.1) is 0 Å². The highest BCUT2D eigenvalue weighted by Crippen LogP contribution is 2.39. The quantitative estimate of drug-likeness (QED) is 0.630. The Kier molecular flexibility index (Phi) is 5.50. The van der Waals surface area contributed by atoms with Crippen LogP contribution in [0.15, 0.2) is 0 Å². The molecule has 16 heavy (non-hydrogen) atoms. The van der Waals surface area contributed by atoms with Gasteiger partial charge in [0.15, 0.2) is 0 Å². The summed E-state index contributed by atoms with van der Waals surface area (Å²) in [5.74, 6) is 0.931. The van der Waals surface area contributed by atoms with E-state index in [-0.39, 0.29) is 0 Å². The molecule has 0 nitrogen and oxygen atoms in total. The maximum Gasteiger partial charge on any atom is 0.104 e. The van der Waals surface area contributed by atoms with Crippen LogP contribution in [0.4, 0.5) is 0 Å². The average Bonchev–Trinajstić information content (AvgIpc) is 2.65. The Morgan fingerprint density at radius 1 is 0.938 bits per heavy atom. The SMILES string of the molecule is CC1CCC(SC(=S)SC2CCCCC2)C1. The van der Waals surface area contributed by atoms with Crippen molar-refractivity contribution in [2.24, 2.45) is 5.92 Å².